The van der Waals surface area contributed by atoms with Crippen LogP contribution in [0, 0.1) is 5.82 Å². The molecule has 0 fully saturated rings. The molecule has 0 aliphatic heterocycles. The number of phenolic OH excluding ortho intramolecular Hbond substituents is 1. The molecule has 0 bridgehead atoms. The number of aliphatic imine (C=N–C) groups is 2. The summed E-state index contributed by atoms with van der Waals surface area (Å²) in [5.41, 5.74) is 3.04. The highest BCUT2D eigenvalue weighted by Crippen LogP contribution is 2.15. The van der Waals surface area contributed by atoms with Crippen molar-refractivity contribution < 1.29 is 28.6 Å². The van der Waals surface area contributed by atoms with Gasteiger partial charge in [0, 0.05) is 35.6 Å². The first kappa shape index (κ1) is 37.8. The fourth-order valence-electron chi connectivity index (χ4n) is 4.47. The van der Waals surface area contributed by atoms with E-state index in [0.29, 0.717) is 85.2 Å². The molecule has 0 atom stereocenters. The molecular formula is C38H42FN7O5. The summed E-state index contributed by atoms with van der Waals surface area (Å²) in [5, 5.41) is 24.7. The van der Waals surface area contributed by atoms with E-state index in [1.165, 1.54) is 12.1 Å². The zero-order valence-corrected chi connectivity index (χ0v) is 28.3. The second-order valence-electron chi connectivity index (χ2n) is 11.0. The van der Waals surface area contributed by atoms with Crippen molar-refractivity contribution in [2.24, 2.45) is 9.98 Å². The van der Waals surface area contributed by atoms with Gasteiger partial charge in [-0.3, -0.25) is 14.6 Å². The quantitative estimate of drug-likeness (QED) is 0.0377. The Morgan fingerprint density at radius 3 is 2.14 bits per heavy atom. The van der Waals surface area contributed by atoms with E-state index in [0.717, 1.165) is 0 Å². The fraction of sp³-hybridized carbons (Fsp3) is 0.211. The maximum atomic E-state index is 13.4. The molecule has 0 unspecified atom stereocenters. The van der Waals surface area contributed by atoms with Crippen molar-refractivity contribution in [2.45, 2.75) is 13.5 Å². The third-order valence-electron chi connectivity index (χ3n) is 6.97. The number of amidine groups is 1. The predicted octanol–water partition coefficient (Wildman–Crippen LogP) is 5.28. The summed E-state index contributed by atoms with van der Waals surface area (Å²) in [4.78, 5) is 33.6. The van der Waals surface area contributed by atoms with Gasteiger partial charge in [0.25, 0.3) is 11.8 Å². The first-order valence-corrected chi connectivity index (χ1v) is 16.3. The summed E-state index contributed by atoms with van der Waals surface area (Å²) in [6.45, 7) is 8.27. The number of carbonyl (C=O) groups is 2. The van der Waals surface area contributed by atoms with Gasteiger partial charge in [0.2, 0.25) is 5.96 Å². The largest absolute Gasteiger partial charge is 0.508 e. The third-order valence-corrected chi connectivity index (χ3v) is 6.97. The topological polar surface area (TPSA) is 158 Å². The van der Waals surface area contributed by atoms with E-state index in [1.54, 1.807) is 79.7 Å². The van der Waals surface area contributed by atoms with Crippen molar-refractivity contribution in [3.05, 3.63) is 138 Å². The summed E-state index contributed by atoms with van der Waals surface area (Å²) < 4.78 is 24.5. The fourth-order valence-corrected chi connectivity index (χ4v) is 4.47. The van der Waals surface area contributed by atoms with Crippen LogP contribution in [0.25, 0.3) is 0 Å². The Balaban J connectivity index is 1.21. The smallest absolute Gasteiger partial charge is 0.251 e. The average Bonchev–Trinajstić information content (AvgIpc) is 3.13. The van der Waals surface area contributed by atoms with Gasteiger partial charge < -0.3 is 41.2 Å². The molecule has 0 saturated heterocycles. The zero-order valence-electron chi connectivity index (χ0n) is 28.3. The van der Waals surface area contributed by atoms with Gasteiger partial charge in [0.1, 0.15) is 23.2 Å². The minimum absolute atomic E-state index is 0.127. The van der Waals surface area contributed by atoms with Crippen LogP contribution in [0.5, 0.6) is 5.75 Å². The second kappa shape index (κ2) is 20.5. The van der Waals surface area contributed by atoms with Crippen LogP contribution in [0.2, 0.25) is 0 Å². The molecule has 6 N–H and O–H groups in total. The van der Waals surface area contributed by atoms with Crippen LogP contribution in [-0.4, -0.2) is 68.2 Å². The number of hydrogen-bond acceptors (Lipinski definition) is 7. The van der Waals surface area contributed by atoms with Crippen LogP contribution in [0.15, 0.2) is 126 Å². The first-order valence-electron chi connectivity index (χ1n) is 16.3. The number of guanidine groups is 1. The van der Waals surface area contributed by atoms with E-state index in [2.05, 4.69) is 43.1 Å². The third kappa shape index (κ3) is 14.1. The number of carbonyl (C=O) groups excluding carboxylic acids is 2. The van der Waals surface area contributed by atoms with Gasteiger partial charge in [0.15, 0.2) is 0 Å². The van der Waals surface area contributed by atoms with Crippen molar-refractivity contribution >= 4 is 35.0 Å². The Labute approximate surface area is 296 Å². The van der Waals surface area contributed by atoms with Crippen LogP contribution in [0.4, 0.5) is 15.8 Å². The molecule has 4 aromatic carbocycles. The number of nitrogens with zero attached hydrogens (tertiary/aromatic N) is 2. The Morgan fingerprint density at radius 1 is 0.765 bits per heavy atom. The molecule has 266 valence electrons. The maximum Gasteiger partial charge on any atom is 0.251 e. The highest BCUT2D eigenvalue weighted by atomic mass is 19.1. The van der Waals surface area contributed by atoms with Crippen LogP contribution < -0.4 is 26.6 Å². The molecule has 0 aliphatic rings. The Morgan fingerprint density at radius 2 is 1.41 bits per heavy atom. The van der Waals surface area contributed by atoms with Crippen molar-refractivity contribution in [2.75, 3.05) is 50.2 Å². The van der Waals surface area contributed by atoms with E-state index < -0.39 is 0 Å². The Kier molecular flexibility index (Phi) is 15.1. The standard InChI is InChI=1S/C38H42FN7O5/c1-27(40-19-21-50-23-24-51-22-20-41-36(48)30-8-4-3-5-9-30)44-38(46-34-15-17-35(47)18-16-34)45-28(2)43-33-13-11-31(12-14-33)37(49)42-26-29-7-6-10-32(39)25-29/h3-18,25,43,47H,2,19-24,26H2,1H3,(H,41,48)(H,42,49)(H2,40,44,45,46). The van der Waals surface area contributed by atoms with Crippen molar-refractivity contribution in [1.29, 1.82) is 0 Å². The molecule has 13 heteroatoms. The lowest BCUT2D eigenvalue weighted by Crippen LogP contribution is -2.33. The van der Waals surface area contributed by atoms with Crippen molar-refractivity contribution in [3.8, 4) is 5.75 Å². The number of nitrogens with one attached hydrogen (secondary N) is 5. The van der Waals surface area contributed by atoms with Gasteiger partial charge in [-0.1, -0.05) is 36.9 Å². The maximum absolute atomic E-state index is 13.4. The molecule has 51 heavy (non-hydrogen) atoms. The van der Waals surface area contributed by atoms with Gasteiger partial charge in [-0.2, -0.15) is 0 Å². The minimum atomic E-state index is -0.358. The predicted molar refractivity (Wildman–Crippen MR) is 197 cm³/mol. The highest BCUT2D eigenvalue weighted by molar-refractivity contribution is 6.02. The van der Waals surface area contributed by atoms with Gasteiger partial charge in [-0.05, 0) is 85.3 Å². The lowest BCUT2D eigenvalue weighted by molar-refractivity contribution is 0.0512. The van der Waals surface area contributed by atoms with Gasteiger partial charge in [-0.15, -0.1) is 0 Å². The van der Waals surface area contributed by atoms with E-state index in [-0.39, 0.29) is 29.9 Å². The lowest BCUT2D eigenvalue weighted by atomic mass is 10.1. The number of halogens is 1. The molecule has 0 radical (unpaired) electrons. The number of ether oxygens (including phenoxy) is 2. The van der Waals surface area contributed by atoms with Gasteiger partial charge in [0.05, 0.1) is 33.0 Å². The van der Waals surface area contributed by atoms with Crippen LogP contribution in [0.3, 0.4) is 0 Å². The minimum Gasteiger partial charge on any atom is -0.508 e. The summed E-state index contributed by atoms with van der Waals surface area (Å²) in [5.74, 6) is 0.522. The van der Waals surface area contributed by atoms with Crippen molar-refractivity contribution in [1.82, 2.24) is 16.0 Å². The van der Waals surface area contributed by atoms with Gasteiger partial charge in [-0.25, -0.2) is 9.38 Å². The lowest BCUT2D eigenvalue weighted by Gasteiger charge is -2.16. The van der Waals surface area contributed by atoms with Crippen LogP contribution >= 0.6 is 0 Å². The highest BCUT2D eigenvalue weighted by Gasteiger charge is 2.08. The van der Waals surface area contributed by atoms with Crippen LogP contribution in [-0.2, 0) is 16.0 Å². The molecule has 0 aromatic heterocycles. The molecule has 0 spiro atoms. The van der Waals surface area contributed by atoms with Crippen molar-refractivity contribution in [3.63, 3.8) is 0 Å². The molecule has 12 nitrogen and oxygen atoms in total. The monoisotopic (exact) mass is 695 g/mol. The van der Waals surface area contributed by atoms with E-state index >= 15 is 0 Å². The number of rotatable bonds is 17. The molecule has 2 amide bonds. The summed E-state index contributed by atoms with van der Waals surface area (Å²) in [6, 6.07) is 28.3. The summed E-state index contributed by atoms with van der Waals surface area (Å²) in [7, 11) is 0. The zero-order chi connectivity index (χ0) is 36.3. The molecule has 0 heterocycles. The van der Waals surface area contributed by atoms with E-state index in [1.807, 2.05) is 18.2 Å². The summed E-state index contributed by atoms with van der Waals surface area (Å²) >= 11 is 0. The number of hydrogen-bond donors (Lipinski definition) is 6. The van der Waals surface area contributed by atoms with Crippen LogP contribution in [0.1, 0.15) is 33.2 Å². The Hall–Kier alpha value is -6.05. The Bertz CT molecular complexity index is 1780. The molecule has 4 rings (SSSR count). The number of amides is 2. The normalized spacial score (nSPS) is 11.4. The second-order valence-corrected chi connectivity index (χ2v) is 11.0. The number of anilines is 2. The SMILES string of the molecule is C=C(NC(=NC(C)=NCCOCCOCCNC(=O)c1ccccc1)Nc1ccc(O)cc1)Nc1ccc(C(=O)NCc2cccc(F)c2)cc1. The van der Waals surface area contributed by atoms with E-state index in [4.69, 9.17) is 9.47 Å². The number of phenols is 1. The number of aromatic hydroxyl groups is 1. The molecular weight excluding hydrogens is 653 g/mol. The molecule has 0 aliphatic carbocycles. The van der Waals surface area contributed by atoms with Gasteiger partial charge >= 0.3 is 0 Å². The average molecular weight is 696 g/mol. The summed E-state index contributed by atoms with van der Waals surface area (Å²) in [6.07, 6.45) is 0. The first-order chi connectivity index (χ1) is 24.7. The van der Waals surface area contributed by atoms with E-state index in [9.17, 15) is 19.1 Å². The molecule has 4 aromatic rings. The molecule has 0 saturated carbocycles. The number of benzene rings is 4.